The van der Waals surface area contributed by atoms with Gasteiger partial charge in [0.1, 0.15) is 5.76 Å². The van der Waals surface area contributed by atoms with Gasteiger partial charge in [-0.3, -0.25) is 4.79 Å². The average Bonchev–Trinajstić information content (AvgIpc) is 2.82. The number of carbonyl (C=O) groups is 1. The summed E-state index contributed by atoms with van der Waals surface area (Å²) in [7, 11) is -3.10. The number of aryl methyl sites for hydroxylation is 1. The molecule has 1 aliphatic rings. The van der Waals surface area contributed by atoms with Crippen LogP contribution in [0.1, 0.15) is 29.1 Å². The lowest BCUT2D eigenvalue weighted by Gasteiger charge is -2.30. The Bertz CT molecular complexity index is 573. The first-order valence-corrected chi connectivity index (χ1v) is 8.38. The topological polar surface area (TPSA) is 92.5 Å². The van der Waals surface area contributed by atoms with Gasteiger partial charge in [-0.1, -0.05) is 5.16 Å². The van der Waals surface area contributed by atoms with Crippen LogP contribution in [-0.2, 0) is 10.0 Å². The van der Waals surface area contributed by atoms with Crippen molar-refractivity contribution in [3.63, 3.8) is 0 Å². The lowest BCUT2D eigenvalue weighted by atomic mass is 9.98. The van der Waals surface area contributed by atoms with Crippen LogP contribution in [0.25, 0.3) is 0 Å². The van der Waals surface area contributed by atoms with Crippen LogP contribution in [0.2, 0.25) is 0 Å². The van der Waals surface area contributed by atoms with E-state index < -0.39 is 10.0 Å². The first-order chi connectivity index (χ1) is 9.36. The van der Waals surface area contributed by atoms with Gasteiger partial charge in [-0.2, -0.15) is 0 Å². The standard InChI is InChI=1S/C12H19N3O4S/c1-9-7-11(14-19-9)12(16)13-8-10-3-5-15(6-4-10)20(2,17)18/h7,10H,3-6,8H2,1-2H3,(H,13,16). The average molecular weight is 301 g/mol. The van der Waals surface area contributed by atoms with E-state index in [2.05, 4.69) is 10.5 Å². The van der Waals surface area contributed by atoms with E-state index >= 15 is 0 Å². The van der Waals surface area contributed by atoms with Gasteiger partial charge in [0.15, 0.2) is 5.69 Å². The SMILES string of the molecule is Cc1cc(C(=O)NCC2CCN(S(C)(=O)=O)CC2)no1. The van der Waals surface area contributed by atoms with Crippen LogP contribution in [0.5, 0.6) is 0 Å². The van der Waals surface area contributed by atoms with Gasteiger partial charge < -0.3 is 9.84 Å². The molecule has 7 nitrogen and oxygen atoms in total. The van der Waals surface area contributed by atoms with Gasteiger partial charge in [0.25, 0.3) is 5.91 Å². The summed E-state index contributed by atoms with van der Waals surface area (Å²) in [6, 6.07) is 1.58. The Balaban J connectivity index is 1.78. The fraction of sp³-hybridized carbons (Fsp3) is 0.667. The second-order valence-corrected chi connectivity index (χ2v) is 7.12. The molecule has 112 valence electrons. The largest absolute Gasteiger partial charge is 0.361 e. The van der Waals surface area contributed by atoms with E-state index in [1.807, 2.05) is 0 Å². The monoisotopic (exact) mass is 301 g/mol. The maximum atomic E-state index is 11.8. The first-order valence-electron chi connectivity index (χ1n) is 6.53. The number of hydrogen-bond acceptors (Lipinski definition) is 5. The van der Waals surface area contributed by atoms with Crippen molar-refractivity contribution >= 4 is 15.9 Å². The number of carbonyl (C=O) groups excluding carboxylic acids is 1. The lowest BCUT2D eigenvalue weighted by Crippen LogP contribution is -2.41. The van der Waals surface area contributed by atoms with Gasteiger partial charge in [0.05, 0.1) is 6.26 Å². The van der Waals surface area contributed by atoms with Gasteiger partial charge in [0, 0.05) is 25.7 Å². The summed E-state index contributed by atoms with van der Waals surface area (Å²) in [5, 5.41) is 6.46. The number of aromatic nitrogens is 1. The molecular weight excluding hydrogens is 282 g/mol. The van der Waals surface area contributed by atoms with E-state index in [-0.39, 0.29) is 11.6 Å². The van der Waals surface area contributed by atoms with E-state index in [1.165, 1.54) is 10.6 Å². The van der Waals surface area contributed by atoms with E-state index in [0.29, 0.717) is 31.3 Å². The van der Waals surface area contributed by atoms with Crippen LogP contribution in [0, 0.1) is 12.8 Å². The number of piperidine rings is 1. The molecular formula is C12H19N3O4S. The summed E-state index contributed by atoms with van der Waals surface area (Å²) in [5.74, 6) is 0.633. The fourth-order valence-corrected chi connectivity index (χ4v) is 3.12. The molecule has 8 heteroatoms. The molecule has 1 aromatic rings. The van der Waals surface area contributed by atoms with Gasteiger partial charge >= 0.3 is 0 Å². The molecule has 1 amide bonds. The molecule has 1 aromatic heterocycles. The van der Waals surface area contributed by atoms with Crippen molar-refractivity contribution in [1.29, 1.82) is 0 Å². The van der Waals surface area contributed by atoms with Crippen LogP contribution in [-0.4, -0.2) is 49.7 Å². The minimum absolute atomic E-state index is 0.257. The Kier molecular flexibility index (Phi) is 4.44. The van der Waals surface area contributed by atoms with Crippen molar-refractivity contribution in [2.45, 2.75) is 19.8 Å². The molecule has 1 saturated heterocycles. The molecule has 0 atom stereocenters. The normalized spacial score (nSPS) is 18.1. The highest BCUT2D eigenvalue weighted by Gasteiger charge is 2.25. The van der Waals surface area contributed by atoms with Crippen molar-refractivity contribution in [2.24, 2.45) is 5.92 Å². The lowest BCUT2D eigenvalue weighted by molar-refractivity contribution is 0.0932. The van der Waals surface area contributed by atoms with Crippen molar-refractivity contribution in [3.8, 4) is 0 Å². The minimum atomic E-state index is -3.10. The first kappa shape index (κ1) is 15.0. The zero-order valence-electron chi connectivity index (χ0n) is 11.6. The third kappa shape index (κ3) is 3.80. The smallest absolute Gasteiger partial charge is 0.273 e. The number of nitrogens with one attached hydrogen (secondary N) is 1. The van der Waals surface area contributed by atoms with Gasteiger partial charge in [0.2, 0.25) is 10.0 Å². The molecule has 2 rings (SSSR count). The van der Waals surface area contributed by atoms with Crippen molar-refractivity contribution in [1.82, 2.24) is 14.8 Å². The van der Waals surface area contributed by atoms with Crippen LogP contribution in [0.4, 0.5) is 0 Å². The molecule has 20 heavy (non-hydrogen) atoms. The summed E-state index contributed by atoms with van der Waals surface area (Å²) in [5.41, 5.74) is 0.274. The van der Waals surface area contributed by atoms with Crippen LogP contribution < -0.4 is 5.32 Å². The highest BCUT2D eigenvalue weighted by molar-refractivity contribution is 7.88. The Labute approximate surface area is 118 Å². The summed E-state index contributed by atoms with van der Waals surface area (Å²) in [6.45, 7) is 3.29. The molecule has 0 unspecified atom stereocenters. The molecule has 1 fully saturated rings. The molecule has 2 heterocycles. The minimum Gasteiger partial charge on any atom is -0.361 e. The van der Waals surface area contributed by atoms with Crippen LogP contribution in [0.3, 0.4) is 0 Å². The summed E-state index contributed by atoms with van der Waals surface area (Å²) in [6.07, 6.45) is 2.73. The maximum Gasteiger partial charge on any atom is 0.273 e. The predicted molar refractivity (Wildman–Crippen MR) is 72.7 cm³/mol. The molecule has 1 aliphatic heterocycles. The van der Waals surface area contributed by atoms with Crippen LogP contribution >= 0.6 is 0 Å². The fourth-order valence-electron chi connectivity index (χ4n) is 2.25. The molecule has 1 N–H and O–H groups in total. The summed E-state index contributed by atoms with van der Waals surface area (Å²) < 4.78 is 29.1. The van der Waals surface area contributed by atoms with Gasteiger partial charge in [-0.05, 0) is 25.7 Å². The highest BCUT2D eigenvalue weighted by atomic mass is 32.2. The highest BCUT2D eigenvalue weighted by Crippen LogP contribution is 2.18. The second-order valence-electron chi connectivity index (χ2n) is 5.14. The Morgan fingerprint density at radius 2 is 2.15 bits per heavy atom. The number of hydrogen-bond donors (Lipinski definition) is 1. The Hall–Kier alpha value is -1.41. The molecule has 0 spiro atoms. The number of rotatable bonds is 4. The van der Waals surface area contributed by atoms with E-state index in [9.17, 15) is 13.2 Å². The van der Waals surface area contributed by atoms with Crippen molar-refractivity contribution in [3.05, 3.63) is 17.5 Å². The molecule has 0 radical (unpaired) electrons. The Morgan fingerprint density at radius 3 is 2.65 bits per heavy atom. The van der Waals surface area contributed by atoms with Crippen molar-refractivity contribution < 1.29 is 17.7 Å². The molecule has 0 aromatic carbocycles. The van der Waals surface area contributed by atoms with E-state index in [4.69, 9.17) is 4.52 Å². The van der Waals surface area contributed by atoms with E-state index in [1.54, 1.807) is 13.0 Å². The summed E-state index contributed by atoms with van der Waals surface area (Å²) >= 11 is 0. The maximum absolute atomic E-state index is 11.8. The predicted octanol–water partition coefficient (Wildman–Crippen LogP) is 0.384. The third-order valence-electron chi connectivity index (χ3n) is 3.45. The molecule has 0 saturated carbocycles. The van der Waals surface area contributed by atoms with Gasteiger partial charge in [-0.15, -0.1) is 0 Å². The second kappa shape index (κ2) is 5.92. The van der Waals surface area contributed by atoms with Gasteiger partial charge in [-0.25, -0.2) is 12.7 Å². The number of amides is 1. The summed E-state index contributed by atoms with van der Waals surface area (Å²) in [4.78, 5) is 11.8. The van der Waals surface area contributed by atoms with E-state index in [0.717, 1.165) is 12.8 Å². The molecule has 0 bridgehead atoms. The van der Waals surface area contributed by atoms with Crippen molar-refractivity contribution in [2.75, 3.05) is 25.9 Å². The zero-order valence-corrected chi connectivity index (χ0v) is 12.4. The Morgan fingerprint density at radius 1 is 1.50 bits per heavy atom. The zero-order chi connectivity index (χ0) is 14.8. The molecule has 0 aliphatic carbocycles. The third-order valence-corrected chi connectivity index (χ3v) is 4.76. The number of sulfonamides is 1. The number of nitrogens with zero attached hydrogens (tertiary/aromatic N) is 2. The quantitative estimate of drug-likeness (QED) is 0.868. The van der Waals surface area contributed by atoms with Crippen LogP contribution in [0.15, 0.2) is 10.6 Å².